The first kappa shape index (κ1) is 19.9. The Kier molecular flexibility index (Phi) is 4.39. The van der Waals surface area contributed by atoms with Gasteiger partial charge >= 0.3 is 8.16 Å². The van der Waals surface area contributed by atoms with Gasteiger partial charge in [-0.25, -0.2) is 4.34 Å². The van der Waals surface area contributed by atoms with Crippen LogP contribution in [0.5, 0.6) is 0 Å². The van der Waals surface area contributed by atoms with Crippen molar-refractivity contribution >= 4 is 77.2 Å². The number of hydrogen-bond acceptors (Lipinski definition) is 2. The van der Waals surface area contributed by atoms with Crippen molar-refractivity contribution in [1.29, 1.82) is 0 Å². The molecule has 2 heterocycles. The zero-order valence-corrected chi connectivity index (χ0v) is 20.6. The molecule has 0 N–H and O–H groups in total. The van der Waals surface area contributed by atoms with Gasteiger partial charge < -0.3 is 8.39 Å². The number of hydrogen-bond donors (Lipinski definition) is 0. The standard InChI is InChI=1S/C29H21NO2P2/c1-18-21-10-6-7-13-24(21)30(29(18)33)34-31-25-16-14-19-8-2-4-11-22(19)27(25)28-23-12-5-3-9-20(23)15-17-26(28)32-34/h2-17H,33H2,1H3. The highest BCUT2D eigenvalue weighted by atomic mass is 31.1. The van der Waals surface area contributed by atoms with Crippen LogP contribution < -0.4 is 5.44 Å². The summed E-state index contributed by atoms with van der Waals surface area (Å²) in [5.74, 6) is 0. The summed E-state index contributed by atoms with van der Waals surface area (Å²) in [5, 5.41) is 8.09. The van der Waals surface area contributed by atoms with Crippen molar-refractivity contribution in [3.63, 3.8) is 0 Å². The molecule has 0 saturated heterocycles. The highest BCUT2D eigenvalue weighted by Crippen LogP contribution is 2.43. The second-order valence-corrected chi connectivity index (χ2v) is 10.4. The molecule has 5 heteroatoms. The number of benzene rings is 5. The summed E-state index contributed by atoms with van der Waals surface area (Å²) in [6.07, 6.45) is 0. The maximum atomic E-state index is 6.78. The lowest BCUT2D eigenvalue weighted by molar-refractivity contribution is 0.632. The molecule has 0 saturated carbocycles. The zero-order valence-electron chi connectivity index (χ0n) is 18.5. The van der Waals surface area contributed by atoms with E-state index < -0.39 is 8.16 Å². The Balaban J connectivity index is 1.76. The van der Waals surface area contributed by atoms with Crippen molar-refractivity contribution in [3.8, 4) is 0 Å². The summed E-state index contributed by atoms with van der Waals surface area (Å²) < 4.78 is 15.8. The zero-order chi connectivity index (χ0) is 22.8. The lowest BCUT2D eigenvalue weighted by atomic mass is 9.99. The molecule has 0 aliphatic rings. The van der Waals surface area contributed by atoms with Crippen LogP contribution >= 0.6 is 17.4 Å². The topological polar surface area (TPSA) is 31.2 Å². The van der Waals surface area contributed by atoms with Gasteiger partial charge in [-0.05, 0) is 52.2 Å². The molecule has 0 fully saturated rings. The van der Waals surface area contributed by atoms with Crippen LogP contribution in [0.4, 0.5) is 0 Å². The van der Waals surface area contributed by atoms with E-state index in [9.17, 15) is 0 Å². The van der Waals surface area contributed by atoms with E-state index in [1.807, 2.05) is 0 Å². The summed E-state index contributed by atoms with van der Waals surface area (Å²) in [5.41, 5.74) is 5.11. The van der Waals surface area contributed by atoms with E-state index in [0.29, 0.717) is 0 Å². The van der Waals surface area contributed by atoms with Gasteiger partial charge in [0.1, 0.15) is 11.2 Å². The second kappa shape index (κ2) is 7.50. The van der Waals surface area contributed by atoms with Crippen molar-refractivity contribution in [3.05, 3.63) is 103 Å². The van der Waals surface area contributed by atoms with Gasteiger partial charge in [0, 0.05) is 16.2 Å². The van der Waals surface area contributed by atoms with Crippen LogP contribution in [0.1, 0.15) is 5.56 Å². The molecule has 1 atom stereocenters. The molecule has 7 rings (SSSR count). The normalized spacial score (nSPS) is 11.8. The van der Waals surface area contributed by atoms with E-state index in [-0.39, 0.29) is 0 Å². The second-order valence-electron chi connectivity index (χ2n) is 8.58. The molecule has 7 aromatic rings. The summed E-state index contributed by atoms with van der Waals surface area (Å²) in [4.78, 5) is 0. The molecule has 5 aromatic carbocycles. The minimum absolute atomic E-state index is 0.847. The van der Waals surface area contributed by atoms with Crippen molar-refractivity contribution in [2.24, 2.45) is 0 Å². The molecule has 0 aliphatic heterocycles. The molecular formula is C29H21NO2P2. The van der Waals surface area contributed by atoms with Crippen molar-refractivity contribution in [1.82, 2.24) is 4.34 Å². The predicted molar refractivity (Wildman–Crippen MR) is 148 cm³/mol. The van der Waals surface area contributed by atoms with Crippen LogP contribution in [0, 0.1) is 6.92 Å². The number of aryl methyl sites for hydroxylation is 1. The van der Waals surface area contributed by atoms with Gasteiger partial charge in [-0.15, -0.1) is 0 Å². The fraction of sp³-hybridized carbons (Fsp3) is 0.0345. The van der Waals surface area contributed by atoms with Gasteiger partial charge in [0.05, 0.1) is 11.0 Å². The summed E-state index contributed by atoms with van der Waals surface area (Å²) >= 11 is 0. The third-order valence-electron chi connectivity index (χ3n) is 6.70. The van der Waals surface area contributed by atoms with E-state index in [1.165, 1.54) is 21.7 Å². The van der Waals surface area contributed by atoms with E-state index in [4.69, 9.17) is 8.39 Å². The van der Waals surface area contributed by atoms with Gasteiger partial charge in [0.15, 0.2) is 0 Å². The van der Waals surface area contributed by atoms with Gasteiger partial charge in [0.2, 0.25) is 0 Å². The molecule has 0 aliphatic carbocycles. The third kappa shape index (κ3) is 2.81. The monoisotopic (exact) mass is 477 g/mol. The predicted octanol–water partition coefficient (Wildman–Crippen LogP) is 8.67. The van der Waals surface area contributed by atoms with E-state index in [2.05, 4.69) is 118 Å². The van der Waals surface area contributed by atoms with Crippen LogP contribution in [0.2, 0.25) is 0 Å². The third-order valence-corrected chi connectivity index (χ3v) is 9.07. The maximum Gasteiger partial charge on any atom is 0.346 e. The first-order chi connectivity index (χ1) is 16.7. The fourth-order valence-electron chi connectivity index (χ4n) is 5.02. The number of fused-ring (bicyclic) bond motifs is 8. The van der Waals surface area contributed by atoms with Gasteiger partial charge in [-0.1, -0.05) is 88.1 Å². The van der Waals surface area contributed by atoms with Crippen LogP contribution in [0.3, 0.4) is 0 Å². The maximum absolute atomic E-state index is 6.78. The van der Waals surface area contributed by atoms with E-state index >= 15 is 0 Å². The Bertz CT molecular complexity index is 1850. The van der Waals surface area contributed by atoms with E-state index in [0.717, 1.165) is 43.7 Å². The SMILES string of the molecule is Cc1c(P)n(-p2oc3ccc4ccccc4c3c3c(ccc4ccccc43)o2)c2ccccc12. The Morgan fingerprint density at radius 1 is 0.618 bits per heavy atom. The van der Waals surface area contributed by atoms with Gasteiger partial charge in [-0.3, -0.25) is 0 Å². The summed E-state index contributed by atoms with van der Waals surface area (Å²) in [7, 11) is 1.42. The lowest BCUT2D eigenvalue weighted by Gasteiger charge is -2.05. The number of para-hydroxylation sites is 1. The highest BCUT2D eigenvalue weighted by Gasteiger charge is 2.18. The molecule has 34 heavy (non-hydrogen) atoms. The fourth-order valence-corrected chi connectivity index (χ4v) is 7.11. The molecule has 3 nitrogen and oxygen atoms in total. The quantitative estimate of drug-likeness (QED) is 0.222. The summed E-state index contributed by atoms with van der Waals surface area (Å²) in [6, 6.07) is 33.9. The van der Waals surface area contributed by atoms with Crippen molar-refractivity contribution in [2.75, 3.05) is 0 Å². The Labute approximate surface area is 199 Å². The highest BCUT2D eigenvalue weighted by molar-refractivity contribution is 7.38. The molecular weight excluding hydrogens is 456 g/mol. The first-order valence-electron chi connectivity index (χ1n) is 11.3. The number of aromatic nitrogens is 1. The average molecular weight is 477 g/mol. The largest absolute Gasteiger partial charge is 0.403 e. The minimum atomic E-state index is -1.48. The molecule has 0 spiro atoms. The first-order valence-corrected chi connectivity index (χ1v) is 13.0. The summed E-state index contributed by atoms with van der Waals surface area (Å²) in [6.45, 7) is 2.15. The molecule has 164 valence electrons. The number of rotatable bonds is 1. The van der Waals surface area contributed by atoms with E-state index in [1.54, 1.807) is 0 Å². The average Bonchev–Trinajstić information content (AvgIpc) is 3.02. The molecule has 1 unspecified atom stereocenters. The molecule has 2 aromatic heterocycles. The lowest BCUT2D eigenvalue weighted by Crippen LogP contribution is -2.03. The van der Waals surface area contributed by atoms with Gasteiger partial charge in [-0.2, -0.15) is 0 Å². The van der Waals surface area contributed by atoms with Gasteiger partial charge in [0.25, 0.3) is 0 Å². The molecule has 0 radical (unpaired) electrons. The van der Waals surface area contributed by atoms with Crippen LogP contribution in [-0.2, 0) is 0 Å². The molecule has 0 bridgehead atoms. The number of nitrogens with zero attached hydrogens (tertiary/aromatic N) is 1. The van der Waals surface area contributed by atoms with Crippen LogP contribution in [0.15, 0.2) is 105 Å². The molecule has 0 amide bonds. The minimum Gasteiger partial charge on any atom is -0.403 e. The Hall–Kier alpha value is -3.51. The Morgan fingerprint density at radius 2 is 1.12 bits per heavy atom. The van der Waals surface area contributed by atoms with Crippen molar-refractivity contribution in [2.45, 2.75) is 6.92 Å². The Morgan fingerprint density at radius 3 is 1.71 bits per heavy atom. The van der Waals surface area contributed by atoms with Crippen molar-refractivity contribution < 1.29 is 8.39 Å². The van der Waals surface area contributed by atoms with Crippen LogP contribution in [-0.4, -0.2) is 4.34 Å². The smallest absolute Gasteiger partial charge is 0.346 e. The van der Waals surface area contributed by atoms with Crippen LogP contribution in [0.25, 0.3) is 54.4 Å².